The topological polar surface area (TPSA) is 58.9 Å². The predicted molar refractivity (Wildman–Crippen MR) is 177 cm³/mol. The van der Waals surface area contributed by atoms with Crippen molar-refractivity contribution in [3.8, 4) is 39.9 Å². The minimum atomic E-state index is 0.222. The van der Waals surface area contributed by atoms with Gasteiger partial charge in [0.25, 0.3) is 0 Å². The highest BCUT2D eigenvalue weighted by Gasteiger charge is 2.16. The van der Waals surface area contributed by atoms with E-state index in [9.17, 15) is 5.11 Å². The Labute approximate surface area is 253 Å². The Morgan fingerprint density at radius 3 is 1.38 bits per heavy atom. The second kappa shape index (κ2) is 15.6. The van der Waals surface area contributed by atoms with Crippen LogP contribution in [-0.2, 0) is 6.42 Å². The average molecular weight is 564 g/mol. The number of phenolic OH excluding ortho intramolecular Hbond substituents is 1. The largest absolute Gasteiger partial charge is 0.507 e. The lowest BCUT2D eigenvalue weighted by Gasteiger charge is -2.12. The minimum Gasteiger partial charge on any atom is -0.507 e. The highest BCUT2D eigenvalue weighted by atomic mass is 16.3. The second-order valence-corrected chi connectivity index (χ2v) is 12.2. The van der Waals surface area contributed by atoms with Crippen LogP contribution in [0.15, 0.2) is 54.6 Å². The molecule has 0 aliphatic rings. The van der Waals surface area contributed by atoms with Crippen molar-refractivity contribution in [3.05, 3.63) is 82.4 Å². The standard InChI is InChI=1S/C38H49N3O/c1-6-7-8-9-10-11-12-13-14-15-16-17-31-18-19-34(35(42)26-31)38-40-36(32-22-27(2)20-28(3)23-32)39-37(41-38)33-24-29(4)21-30(5)25-33/h18-26,42H,6-17H2,1-5H3. The van der Waals surface area contributed by atoms with E-state index in [1.54, 1.807) is 0 Å². The molecule has 4 heteroatoms. The maximum absolute atomic E-state index is 11.1. The highest BCUT2D eigenvalue weighted by Crippen LogP contribution is 2.32. The number of hydrogen-bond acceptors (Lipinski definition) is 4. The first-order valence-corrected chi connectivity index (χ1v) is 16.1. The summed E-state index contributed by atoms with van der Waals surface area (Å²) >= 11 is 0. The van der Waals surface area contributed by atoms with Gasteiger partial charge in [0.05, 0.1) is 5.56 Å². The molecule has 0 saturated carbocycles. The number of phenols is 1. The molecule has 0 aliphatic heterocycles. The molecule has 0 radical (unpaired) electrons. The lowest BCUT2D eigenvalue weighted by atomic mass is 10.0. The lowest BCUT2D eigenvalue weighted by Crippen LogP contribution is -2.01. The van der Waals surface area contributed by atoms with Gasteiger partial charge in [0.1, 0.15) is 5.75 Å². The van der Waals surface area contributed by atoms with Gasteiger partial charge in [-0.25, -0.2) is 15.0 Å². The summed E-state index contributed by atoms with van der Waals surface area (Å²) < 4.78 is 0. The van der Waals surface area contributed by atoms with Crippen molar-refractivity contribution < 1.29 is 5.11 Å². The van der Waals surface area contributed by atoms with Crippen LogP contribution in [0.4, 0.5) is 0 Å². The Bertz CT molecular complexity index is 1350. The maximum atomic E-state index is 11.1. The van der Waals surface area contributed by atoms with E-state index >= 15 is 0 Å². The fourth-order valence-corrected chi connectivity index (χ4v) is 5.88. The van der Waals surface area contributed by atoms with Crippen LogP contribution in [0, 0.1) is 27.7 Å². The summed E-state index contributed by atoms with van der Waals surface area (Å²) in [6, 6.07) is 18.7. The van der Waals surface area contributed by atoms with E-state index < -0.39 is 0 Å². The van der Waals surface area contributed by atoms with Gasteiger partial charge in [-0.1, -0.05) is 112 Å². The molecule has 4 aromatic rings. The molecule has 222 valence electrons. The molecule has 0 aliphatic carbocycles. The molecule has 1 aromatic heterocycles. The zero-order valence-electron chi connectivity index (χ0n) is 26.5. The predicted octanol–water partition coefficient (Wildman–Crippen LogP) is 10.7. The number of benzene rings is 3. The fourth-order valence-electron chi connectivity index (χ4n) is 5.88. The van der Waals surface area contributed by atoms with Gasteiger partial charge in [0, 0.05) is 11.1 Å². The molecule has 0 fully saturated rings. The first kappa shape index (κ1) is 31.4. The smallest absolute Gasteiger partial charge is 0.167 e. The molecule has 3 aromatic carbocycles. The van der Waals surface area contributed by atoms with Crippen molar-refractivity contribution in [3.63, 3.8) is 0 Å². The molecule has 0 atom stereocenters. The van der Waals surface area contributed by atoms with Crippen LogP contribution in [-0.4, -0.2) is 20.1 Å². The summed E-state index contributed by atoms with van der Waals surface area (Å²) in [5, 5.41) is 11.1. The quantitative estimate of drug-likeness (QED) is 0.146. The van der Waals surface area contributed by atoms with Crippen molar-refractivity contribution in [2.75, 3.05) is 0 Å². The number of rotatable bonds is 15. The van der Waals surface area contributed by atoms with Gasteiger partial charge in [-0.2, -0.15) is 0 Å². The Balaban J connectivity index is 1.47. The van der Waals surface area contributed by atoms with Crippen molar-refractivity contribution in [1.29, 1.82) is 0 Å². The molecular formula is C38H49N3O. The molecular weight excluding hydrogens is 514 g/mol. The molecule has 0 bridgehead atoms. The summed E-state index contributed by atoms with van der Waals surface area (Å²) in [7, 11) is 0. The van der Waals surface area contributed by atoms with Crippen LogP contribution in [0.2, 0.25) is 0 Å². The number of aromatic hydroxyl groups is 1. The van der Waals surface area contributed by atoms with Crippen molar-refractivity contribution in [2.45, 2.75) is 112 Å². The molecule has 1 N–H and O–H groups in total. The van der Waals surface area contributed by atoms with Crippen molar-refractivity contribution >= 4 is 0 Å². The summed E-state index contributed by atoms with van der Waals surface area (Å²) in [5.41, 5.74) is 8.35. The molecule has 0 amide bonds. The Morgan fingerprint density at radius 2 is 0.929 bits per heavy atom. The Hall–Kier alpha value is -3.53. The van der Waals surface area contributed by atoms with E-state index in [1.807, 2.05) is 12.1 Å². The zero-order chi connectivity index (χ0) is 29.9. The van der Waals surface area contributed by atoms with Gasteiger partial charge >= 0.3 is 0 Å². The first-order valence-electron chi connectivity index (χ1n) is 16.1. The van der Waals surface area contributed by atoms with Crippen LogP contribution in [0.1, 0.15) is 105 Å². The number of unbranched alkanes of at least 4 members (excludes halogenated alkanes) is 10. The summed E-state index contributed by atoms with van der Waals surface area (Å²) in [5.74, 6) is 1.95. The molecule has 1 heterocycles. The molecule has 4 nitrogen and oxygen atoms in total. The summed E-state index contributed by atoms with van der Waals surface area (Å²) in [6.45, 7) is 10.6. The number of hydrogen-bond donors (Lipinski definition) is 1. The zero-order valence-corrected chi connectivity index (χ0v) is 26.5. The molecule has 0 unspecified atom stereocenters. The van der Waals surface area contributed by atoms with Crippen LogP contribution < -0.4 is 0 Å². The number of aromatic nitrogens is 3. The number of nitrogens with zero attached hydrogens (tertiary/aromatic N) is 3. The van der Waals surface area contributed by atoms with E-state index in [0.29, 0.717) is 23.0 Å². The van der Waals surface area contributed by atoms with Gasteiger partial charge in [-0.3, -0.25) is 0 Å². The van der Waals surface area contributed by atoms with Crippen molar-refractivity contribution in [2.24, 2.45) is 0 Å². The second-order valence-electron chi connectivity index (χ2n) is 12.2. The highest BCUT2D eigenvalue weighted by molar-refractivity contribution is 5.70. The molecule has 0 saturated heterocycles. The Kier molecular flexibility index (Phi) is 11.7. The third kappa shape index (κ3) is 9.24. The van der Waals surface area contributed by atoms with E-state index in [0.717, 1.165) is 51.8 Å². The first-order chi connectivity index (χ1) is 20.3. The van der Waals surface area contributed by atoms with E-state index in [1.165, 1.54) is 64.2 Å². The van der Waals surface area contributed by atoms with Gasteiger partial charge in [-0.05, 0) is 82.5 Å². The minimum absolute atomic E-state index is 0.222. The van der Waals surface area contributed by atoms with E-state index in [-0.39, 0.29) is 5.75 Å². The van der Waals surface area contributed by atoms with E-state index in [2.05, 4.69) is 77.1 Å². The monoisotopic (exact) mass is 563 g/mol. The SMILES string of the molecule is CCCCCCCCCCCCCc1ccc(-c2nc(-c3cc(C)cc(C)c3)nc(-c3cc(C)cc(C)c3)n2)c(O)c1. The normalized spacial score (nSPS) is 11.3. The summed E-state index contributed by atoms with van der Waals surface area (Å²) in [4.78, 5) is 14.6. The number of aryl methyl sites for hydroxylation is 5. The average Bonchev–Trinajstić information content (AvgIpc) is 2.95. The summed E-state index contributed by atoms with van der Waals surface area (Å²) in [6.07, 6.45) is 15.6. The van der Waals surface area contributed by atoms with Crippen molar-refractivity contribution in [1.82, 2.24) is 15.0 Å². The van der Waals surface area contributed by atoms with Crippen LogP contribution in [0.25, 0.3) is 34.2 Å². The molecule has 42 heavy (non-hydrogen) atoms. The Morgan fingerprint density at radius 1 is 0.500 bits per heavy atom. The third-order valence-electron chi connectivity index (χ3n) is 7.97. The fraction of sp³-hybridized carbons (Fsp3) is 0.447. The van der Waals surface area contributed by atoms with Crippen LogP contribution >= 0.6 is 0 Å². The molecule has 4 rings (SSSR count). The van der Waals surface area contributed by atoms with Gasteiger partial charge in [0.2, 0.25) is 0 Å². The molecule has 0 spiro atoms. The van der Waals surface area contributed by atoms with Crippen LogP contribution in [0.5, 0.6) is 5.75 Å². The van der Waals surface area contributed by atoms with Gasteiger partial charge in [0.15, 0.2) is 17.5 Å². The van der Waals surface area contributed by atoms with Crippen LogP contribution in [0.3, 0.4) is 0 Å². The maximum Gasteiger partial charge on any atom is 0.167 e. The lowest BCUT2D eigenvalue weighted by molar-refractivity contribution is 0.476. The van der Waals surface area contributed by atoms with Gasteiger partial charge in [-0.15, -0.1) is 0 Å². The van der Waals surface area contributed by atoms with E-state index in [4.69, 9.17) is 15.0 Å². The third-order valence-corrected chi connectivity index (χ3v) is 7.97. The van der Waals surface area contributed by atoms with Gasteiger partial charge < -0.3 is 5.11 Å².